The lowest BCUT2D eigenvalue weighted by Gasteiger charge is -2.44. The molecule has 4 saturated carbocycles. The monoisotopic (exact) mass is 602 g/mol. The standard InChI is InChI=1S/C38H75N5/c1-3-5-28-40(33-42(36-21-13-8-14-22-36)30-27-39-35-19-11-7-12-20-35)31-32-41(29-6-4-2)34-43(37-23-15-9-16-24-37)38-25-17-10-18-26-38/h35-39H,3-34H2,1-2H3. The van der Waals surface area contributed by atoms with Crippen molar-refractivity contribution in [3.63, 3.8) is 0 Å². The molecule has 252 valence electrons. The van der Waals surface area contributed by atoms with Gasteiger partial charge in [-0.25, -0.2) is 0 Å². The first-order valence-electron chi connectivity index (χ1n) is 19.9. The predicted octanol–water partition coefficient (Wildman–Crippen LogP) is 8.63. The third-order valence-corrected chi connectivity index (χ3v) is 11.7. The highest BCUT2D eigenvalue weighted by Crippen LogP contribution is 2.30. The molecule has 4 aliphatic rings. The Balaban J connectivity index is 1.37. The largest absolute Gasteiger partial charge is 0.313 e. The van der Waals surface area contributed by atoms with Gasteiger partial charge in [0.1, 0.15) is 0 Å². The summed E-state index contributed by atoms with van der Waals surface area (Å²) in [4.78, 5) is 11.8. The summed E-state index contributed by atoms with van der Waals surface area (Å²) in [6.07, 6.45) is 34.2. The summed E-state index contributed by atoms with van der Waals surface area (Å²) in [7, 11) is 0. The maximum atomic E-state index is 3.99. The van der Waals surface area contributed by atoms with Crippen molar-refractivity contribution >= 4 is 0 Å². The average molecular weight is 602 g/mol. The van der Waals surface area contributed by atoms with E-state index in [9.17, 15) is 0 Å². The highest BCUT2D eigenvalue weighted by Gasteiger charge is 2.30. The lowest BCUT2D eigenvalue weighted by molar-refractivity contribution is 0.0136. The second-order valence-electron chi connectivity index (χ2n) is 15.2. The van der Waals surface area contributed by atoms with Crippen molar-refractivity contribution in [1.82, 2.24) is 24.9 Å². The maximum Gasteiger partial charge on any atom is 0.0512 e. The minimum atomic E-state index is 0.779. The number of hydrogen-bond acceptors (Lipinski definition) is 5. The molecule has 4 aliphatic carbocycles. The third-order valence-electron chi connectivity index (χ3n) is 11.7. The average Bonchev–Trinajstić information content (AvgIpc) is 3.07. The van der Waals surface area contributed by atoms with E-state index in [0.717, 1.165) is 24.2 Å². The third kappa shape index (κ3) is 13.2. The lowest BCUT2D eigenvalue weighted by atomic mass is 9.89. The van der Waals surface area contributed by atoms with Crippen LogP contribution < -0.4 is 5.32 Å². The van der Waals surface area contributed by atoms with Crippen LogP contribution in [0.15, 0.2) is 0 Å². The highest BCUT2D eigenvalue weighted by molar-refractivity contribution is 4.85. The molecule has 0 radical (unpaired) electrons. The first-order valence-corrected chi connectivity index (χ1v) is 19.9. The van der Waals surface area contributed by atoms with Gasteiger partial charge >= 0.3 is 0 Å². The zero-order valence-corrected chi connectivity index (χ0v) is 29.2. The van der Waals surface area contributed by atoms with Gasteiger partial charge in [0.25, 0.3) is 0 Å². The molecule has 0 heterocycles. The molecule has 0 bridgehead atoms. The maximum absolute atomic E-state index is 3.99. The van der Waals surface area contributed by atoms with Gasteiger partial charge in [0, 0.05) is 50.3 Å². The molecular weight excluding hydrogens is 526 g/mol. The molecule has 5 heteroatoms. The molecule has 4 rings (SSSR count). The van der Waals surface area contributed by atoms with Crippen molar-refractivity contribution in [2.24, 2.45) is 0 Å². The van der Waals surface area contributed by atoms with Crippen molar-refractivity contribution in [1.29, 1.82) is 0 Å². The van der Waals surface area contributed by atoms with E-state index in [2.05, 4.69) is 38.8 Å². The molecule has 0 spiro atoms. The van der Waals surface area contributed by atoms with Gasteiger partial charge < -0.3 is 5.32 Å². The first-order chi connectivity index (χ1) is 21.3. The van der Waals surface area contributed by atoms with Gasteiger partial charge in [-0.2, -0.15) is 0 Å². The number of unbranched alkanes of at least 4 members (excludes halogenated alkanes) is 2. The molecule has 4 fully saturated rings. The fourth-order valence-electron chi connectivity index (χ4n) is 8.93. The van der Waals surface area contributed by atoms with E-state index in [1.807, 2.05) is 0 Å². The zero-order chi connectivity index (χ0) is 30.0. The molecule has 5 nitrogen and oxygen atoms in total. The Labute approximate surface area is 269 Å². The van der Waals surface area contributed by atoms with Crippen molar-refractivity contribution in [2.45, 2.75) is 192 Å². The summed E-state index contributed by atoms with van der Waals surface area (Å²) in [6.45, 7) is 14.6. The van der Waals surface area contributed by atoms with Crippen LogP contribution in [0.5, 0.6) is 0 Å². The minimum Gasteiger partial charge on any atom is -0.313 e. The smallest absolute Gasteiger partial charge is 0.0512 e. The number of nitrogens with one attached hydrogen (secondary N) is 1. The van der Waals surface area contributed by atoms with Gasteiger partial charge in [0.2, 0.25) is 0 Å². The predicted molar refractivity (Wildman–Crippen MR) is 187 cm³/mol. The van der Waals surface area contributed by atoms with Crippen molar-refractivity contribution < 1.29 is 0 Å². The van der Waals surface area contributed by atoms with Crippen LogP contribution >= 0.6 is 0 Å². The van der Waals surface area contributed by atoms with Crippen molar-refractivity contribution in [3.8, 4) is 0 Å². The Hall–Kier alpha value is -0.200. The SMILES string of the molecule is CCCCN(CCN(CCCC)CN(C1CCCCC1)C1CCCCC1)CN(CCNC1CCCCC1)C1CCCCC1. The second kappa shape index (κ2) is 21.6. The van der Waals surface area contributed by atoms with E-state index in [1.165, 1.54) is 207 Å². The molecule has 0 aromatic rings. The van der Waals surface area contributed by atoms with Crippen LogP contribution in [0, 0.1) is 0 Å². The molecular formula is C38H75N5. The lowest BCUT2D eigenvalue weighted by Crippen LogP contribution is -2.53. The van der Waals surface area contributed by atoms with Crippen molar-refractivity contribution in [3.05, 3.63) is 0 Å². The van der Waals surface area contributed by atoms with Gasteiger partial charge in [-0.3, -0.25) is 19.6 Å². The molecule has 0 atom stereocenters. The van der Waals surface area contributed by atoms with Gasteiger partial charge in [0.15, 0.2) is 0 Å². The normalized spacial score (nSPS) is 22.5. The molecule has 0 amide bonds. The van der Waals surface area contributed by atoms with Crippen LogP contribution in [0.1, 0.15) is 168 Å². The van der Waals surface area contributed by atoms with Gasteiger partial charge in [-0.1, -0.05) is 104 Å². The van der Waals surface area contributed by atoms with Crippen LogP contribution in [-0.2, 0) is 0 Å². The van der Waals surface area contributed by atoms with Crippen LogP contribution in [0.2, 0.25) is 0 Å². The van der Waals surface area contributed by atoms with E-state index in [-0.39, 0.29) is 0 Å². The quantitative estimate of drug-likeness (QED) is 0.141. The molecule has 0 aromatic heterocycles. The van der Waals surface area contributed by atoms with Gasteiger partial charge in [-0.15, -0.1) is 0 Å². The molecule has 0 aromatic carbocycles. The summed E-state index contributed by atoms with van der Waals surface area (Å²) in [5, 5.41) is 3.99. The van der Waals surface area contributed by atoms with Crippen molar-refractivity contribution in [2.75, 3.05) is 52.6 Å². The minimum absolute atomic E-state index is 0.779. The summed E-state index contributed by atoms with van der Waals surface area (Å²) in [6, 6.07) is 3.27. The summed E-state index contributed by atoms with van der Waals surface area (Å²) < 4.78 is 0. The van der Waals surface area contributed by atoms with Gasteiger partial charge in [-0.05, 0) is 77.3 Å². The highest BCUT2D eigenvalue weighted by atomic mass is 15.4. The fraction of sp³-hybridized carbons (Fsp3) is 1.00. The van der Waals surface area contributed by atoms with E-state index >= 15 is 0 Å². The molecule has 1 N–H and O–H groups in total. The number of nitrogens with zero attached hydrogens (tertiary/aromatic N) is 4. The topological polar surface area (TPSA) is 25.0 Å². The molecule has 0 unspecified atom stereocenters. The number of hydrogen-bond donors (Lipinski definition) is 1. The number of rotatable bonds is 20. The summed E-state index contributed by atoms with van der Waals surface area (Å²) >= 11 is 0. The van der Waals surface area contributed by atoms with E-state index in [4.69, 9.17) is 0 Å². The first kappa shape index (κ1) is 35.7. The summed E-state index contributed by atoms with van der Waals surface area (Å²) in [5.74, 6) is 0. The zero-order valence-electron chi connectivity index (χ0n) is 29.2. The Morgan fingerprint density at radius 2 is 0.907 bits per heavy atom. The Kier molecular flexibility index (Phi) is 17.9. The molecule has 0 aliphatic heterocycles. The van der Waals surface area contributed by atoms with E-state index in [1.54, 1.807) is 0 Å². The summed E-state index contributed by atoms with van der Waals surface area (Å²) in [5.41, 5.74) is 0. The van der Waals surface area contributed by atoms with Crippen LogP contribution in [-0.4, -0.2) is 96.4 Å². The van der Waals surface area contributed by atoms with E-state index in [0.29, 0.717) is 0 Å². The second-order valence-corrected chi connectivity index (χ2v) is 15.2. The van der Waals surface area contributed by atoms with Gasteiger partial charge in [0.05, 0.1) is 13.3 Å². The van der Waals surface area contributed by atoms with Crippen LogP contribution in [0.4, 0.5) is 0 Å². The molecule has 0 saturated heterocycles. The molecule has 43 heavy (non-hydrogen) atoms. The Bertz CT molecular complexity index is 645. The Morgan fingerprint density at radius 1 is 0.465 bits per heavy atom. The van der Waals surface area contributed by atoms with E-state index < -0.39 is 0 Å². The fourth-order valence-corrected chi connectivity index (χ4v) is 8.93. The Morgan fingerprint density at radius 3 is 1.40 bits per heavy atom. The van der Waals surface area contributed by atoms with Crippen LogP contribution in [0.25, 0.3) is 0 Å². The van der Waals surface area contributed by atoms with Crippen LogP contribution in [0.3, 0.4) is 0 Å².